The predicted octanol–water partition coefficient (Wildman–Crippen LogP) is 3.48. The van der Waals surface area contributed by atoms with Crippen molar-refractivity contribution in [2.75, 3.05) is 13.7 Å². The molecular weight excluding hydrogens is 284 g/mol. The van der Waals surface area contributed by atoms with Gasteiger partial charge in [0.25, 0.3) is 0 Å². The lowest BCUT2D eigenvalue weighted by Gasteiger charge is -2.14. The third kappa shape index (κ3) is 5.02. The number of aromatic nitrogens is 1. The van der Waals surface area contributed by atoms with Crippen LogP contribution in [0, 0.1) is 5.92 Å². The Morgan fingerprint density at radius 1 is 1.33 bits per heavy atom. The van der Waals surface area contributed by atoms with E-state index < -0.39 is 0 Å². The number of nitrogens with one attached hydrogen (secondary N) is 1. The van der Waals surface area contributed by atoms with Gasteiger partial charge in [0, 0.05) is 23.6 Å². The minimum absolute atomic E-state index is 0.480. The highest BCUT2D eigenvalue weighted by Gasteiger charge is 2.07. The van der Waals surface area contributed by atoms with E-state index >= 15 is 0 Å². The molecule has 114 valence electrons. The first kappa shape index (κ1) is 15.8. The lowest BCUT2D eigenvalue weighted by molar-refractivity contribution is 0.295. The summed E-state index contributed by atoms with van der Waals surface area (Å²) in [6, 6.07) is 5.93. The van der Waals surface area contributed by atoms with Gasteiger partial charge in [0.1, 0.15) is 18.1 Å². The summed E-state index contributed by atoms with van der Waals surface area (Å²) in [4.78, 5) is 4.24. The van der Waals surface area contributed by atoms with Crippen LogP contribution >= 0.6 is 11.3 Å². The monoisotopic (exact) mass is 306 g/mol. The average molecular weight is 306 g/mol. The second-order valence-electron chi connectivity index (χ2n) is 5.27. The molecule has 0 fully saturated rings. The smallest absolute Gasteiger partial charge is 0.131 e. The van der Waals surface area contributed by atoms with E-state index in [0.717, 1.165) is 35.8 Å². The number of benzene rings is 1. The fourth-order valence-corrected chi connectivity index (χ4v) is 2.44. The van der Waals surface area contributed by atoms with Crippen molar-refractivity contribution in [2.45, 2.75) is 27.0 Å². The molecule has 0 saturated carbocycles. The van der Waals surface area contributed by atoms with Crippen molar-refractivity contribution in [2.24, 2.45) is 5.92 Å². The first-order valence-electron chi connectivity index (χ1n) is 7.06. The molecule has 0 amide bonds. The van der Waals surface area contributed by atoms with Gasteiger partial charge in [0.15, 0.2) is 0 Å². The summed E-state index contributed by atoms with van der Waals surface area (Å²) in [6.07, 6.45) is 0. The second-order valence-corrected chi connectivity index (χ2v) is 5.99. The van der Waals surface area contributed by atoms with Gasteiger partial charge in [-0.1, -0.05) is 19.9 Å². The maximum atomic E-state index is 5.91. The predicted molar refractivity (Wildman–Crippen MR) is 86.0 cm³/mol. The summed E-state index contributed by atoms with van der Waals surface area (Å²) in [5.41, 5.74) is 3.89. The van der Waals surface area contributed by atoms with E-state index in [1.807, 2.05) is 29.1 Å². The highest BCUT2D eigenvalue weighted by Crippen LogP contribution is 2.25. The zero-order valence-electron chi connectivity index (χ0n) is 12.8. The van der Waals surface area contributed by atoms with E-state index in [2.05, 4.69) is 24.1 Å². The molecule has 0 radical (unpaired) electrons. The minimum Gasteiger partial charge on any atom is -0.497 e. The first-order chi connectivity index (χ1) is 10.2. The van der Waals surface area contributed by atoms with Gasteiger partial charge in [-0.05, 0) is 18.5 Å². The van der Waals surface area contributed by atoms with Crippen molar-refractivity contribution < 1.29 is 9.47 Å². The van der Waals surface area contributed by atoms with E-state index in [4.69, 9.17) is 9.47 Å². The van der Waals surface area contributed by atoms with E-state index in [1.165, 1.54) is 0 Å². The topological polar surface area (TPSA) is 43.4 Å². The van der Waals surface area contributed by atoms with Crippen LogP contribution in [0.1, 0.15) is 25.1 Å². The van der Waals surface area contributed by atoms with Gasteiger partial charge < -0.3 is 14.8 Å². The Hall–Kier alpha value is -1.59. The summed E-state index contributed by atoms with van der Waals surface area (Å²) in [5.74, 6) is 2.28. The standard InChI is InChI=1S/C16H22N2O2S/c1-12(2)7-17-8-13-4-5-15(19-3)6-16(13)20-9-14-10-21-11-18-14/h4-6,10-12,17H,7-9H2,1-3H3. The number of rotatable bonds is 8. The molecule has 2 rings (SSSR count). The number of nitrogens with zero attached hydrogens (tertiary/aromatic N) is 1. The summed E-state index contributed by atoms with van der Waals surface area (Å²) in [7, 11) is 1.66. The van der Waals surface area contributed by atoms with Crippen molar-refractivity contribution in [3.8, 4) is 11.5 Å². The quantitative estimate of drug-likeness (QED) is 0.811. The number of ether oxygens (including phenoxy) is 2. The van der Waals surface area contributed by atoms with Gasteiger partial charge in [-0.3, -0.25) is 0 Å². The molecule has 0 spiro atoms. The lowest BCUT2D eigenvalue weighted by Crippen LogP contribution is -2.19. The molecule has 1 N–H and O–H groups in total. The molecule has 1 aromatic heterocycles. The lowest BCUT2D eigenvalue weighted by atomic mass is 10.1. The van der Waals surface area contributed by atoms with E-state index in [0.29, 0.717) is 12.5 Å². The van der Waals surface area contributed by atoms with Gasteiger partial charge in [-0.2, -0.15) is 0 Å². The molecule has 0 saturated heterocycles. The zero-order chi connectivity index (χ0) is 15.1. The molecule has 0 aliphatic carbocycles. The van der Waals surface area contributed by atoms with E-state index in [9.17, 15) is 0 Å². The Kier molecular flexibility index (Phi) is 6.02. The molecule has 2 aromatic rings. The van der Waals surface area contributed by atoms with Crippen LogP contribution in [0.4, 0.5) is 0 Å². The number of hydrogen-bond donors (Lipinski definition) is 1. The summed E-state index contributed by atoms with van der Waals surface area (Å²) in [6.45, 7) is 6.64. The Labute approximate surface area is 130 Å². The summed E-state index contributed by atoms with van der Waals surface area (Å²) < 4.78 is 11.2. The van der Waals surface area contributed by atoms with Crippen molar-refractivity contribution in [3.63, 3.8) is 0 Å². The molecule has 0 unspecified atom stereocenters. The van der Waals surface area contributed by atoms with Crippen LogP contribution in [0.5, 0.6) is 11.5 Å². The van der Waals surface area contributed by atoms with Gasteiger partial charge in [-0.25, -0.2) is 4.98 Å². The Bertz CT molecular complexity index is 541. The normalized spacial score (nSPS) is 10.9. The van der Waals surface area contributed by atoms with Crippen molar-refractivity contribution >= 4 is 11.3 Å². The van der Waals surface area contributed by atoms with Crippen LogP contribution in [-0.2, 0) is 13.2 Å². The van der Waals surface area contributed by atoms with Gasteiger partial charge in [0.05, 0.1) is 18.3 Å². The highest BCUT2D eigenvalue weighted by atomic mass is 32.1. The Morgan fingerprint density at radius 3 is 2.86 bits per heavy atom. The Balaban J connectivity index is 2.03. The van der Waals surface area contributed by atoms with E-state index in [-0.39, 0.29) is 0 Å². The largest absolute Gasteiger partial charge is 0.497 e. The van der Waals surface area contributed by atoms with Crippen molar-refractivity contribution in [1.29, 1.82) is 0 Å². The molecule has 1 aromatic carbocycles. The van der Waals surface area contributed by atoms with Crippen LogP contribution in [-0.4, -0.2) is 18.6 Å². The maximum absolute atomic E-state index is 5.91. The van der Waals surface area contributed by atoms with E-state index in [1.54, 1.807) is 18.4 Å². The molecule has 5 heteroatoms. The maximum Gasteiger partial charge on any atom is 0.131 e. The summed E-state index contributed by atoms with van der Waals surface area (Å²) >= 11 is 1.58. The Morgan fingerprint density at radius 2 is 2.19 bits per heavy atom. The molecule has 4 nitrogen and oxygen atoms in total. The van der Waals surface area contributed by atoms with Crippen molar-refractivity contribution in [1.82, 2.24) is 10.3 Å². The molecule has 0 atom stereocenters. The first-order valence-corrected chi connectivity index (χ1v) is 8.01. The molecule has 0 aliphatic rings. The SMILES string of the molecule is COc1ccc(CNCC(C)C)c(OCc2cscn2)c1. The number of hydrogen-bond acceptors (Lipinski definition) is 5. The van der Waals surface area contributed by atoms with Crippen LogP contribution in [0.15, 0.2) is 29.1 Å². The highest BCUT2D eigenvalue weighted by molar-refractivity contribution is 7.07. The van der Waals surface area contributed by atoms with Crippen LogP contribution in [0.3, 0.4) is 0 Å². The fraction of sp³-hybridized carbons (Fsp3) is 0.438. The third-order valence-corrected chi connectivity index (χ3v) is 3.64. The average Bonchev–Trinajstić information content (AvgIpc) is 2.99. The zero-order valence-corrected chi connectivity index (χ0v) is 13.6. The van der Waals surface area contributed by atoms with Gasteiger partial charge in [-0.15, -0.1) is 11.3 Å². The van der Waals surface area contributed by atoms with Crippen LogP contribution in [0.25, 0.3) is 0 Å². The minimum atomic E-state index is 0.480. The van der Waals surface area contributed by atoms with Gasteiger partial charge >= 0.3 is 0 Å². The molecule has 0 aliphatic heterocycles. The number of thiazole rings is 1. The fourth-order valence-electron chi connectivity index (χ4n) is 1.90. The van der Waals surface area contributed by atoms with Crippen molar-refractivity contribution in [3.05, 3.63) is 40.3 Å². The van der Waals surface area contributed by atoms with Crippen LogP contribution in [0.2, 0.25) is 0 Å². The molecule has 0 bridgehead atoms. The molecule has 21 heavy (non-hydrogen) atoms. The molecular formula is C16H22N2O2S. The summed E-state index contributed by atoms with van der Waals surface area (Å²) in [5, 5.41) is 5.43. The third-order valence-electron chi connectivity index (χ3n) is 3.00. The molecule has 1 heterocycles. The van der Waals surface area contributed by atoms with Crippen LogP contribution < -0.4 is 14.8 Å². The number of methoxy groups -OCH3 is 1. The second kappa shape index (κ2) is 8.00. The van der Waals surface area contributed by atoms with Gasteiger partial charge in [0.2, 0.25) is 0 Å².